The second-order valence-electron chi connectivity index (χ2n) is 8.25. The number of aryl methyl sites for hydroxylation is 1. The molecule has 0 spiro atoms. The lowest BCUT2D eigenvalue weighted by atomic mass is 10.0. The highest BCUT2D eigenvalue weighted by Crippen LogP contribution is 2.36. The number of amides is 1. The van der Waals surface area contributed by atoms with Crippen molar-refractivity contribution in [3.63, 3.8) is 0 Å². The van der Waals surface area contributed by atoms with Crippen LogP contribution in [0.4, 0.5) is 17.1 Å². The van der Waals surface area contributed by atoms with Gasteiger partial charge in [-0.2, -0.15) is 0 Å². The number of aromatic nitrogens is 1. The van der Waals surface area contributed by atoms with Gasteiger partial charge in [0, 0.05) is 47.4 Å². The van der Waals surface area contributed by atoms with Crippen molar-refractivity contribution in [3.05, 3.63) is 81.2 Å². The number of nitrogens with zero attached hydrogens (tertiary/aromatic N) is 3. The summed E-state index contributed by atoms with van der Waals surface area (Å²) >= 11 is 0. The summed E-state index contributed by atoms with van der Waals surface area (Å²) < 4.78 is 7.37. The zero-order valence-electron chi connectivity index (χ0n) is 18.5. The Morgan fingerprint density at radius 1 is 1.09 bits per heavy atom. The van der Waals surface area contributed by atoms with Gasteiger partial charge >= 0.3 is 0 Å². The zero-order chi connectivity index (χ0) is 23.1. The van der Waals surface area contributed by atoms with Crippen molar-refractivity contribution in [2.75, 3.05) is 36.5 Å². The Morgan fingerprint density at radius 2 is 1.85 bits per heavy atom. The van der Waals surface area contributed by atoms with Crippen LogP contribution in [0, 0.1) is 24.0 Å². The summed E-state index contributed by atoms with van der Waals surface area (Å²) in [7, 11) is 0. The van der Waals surface area contributed by atoms with Gasteiger partial charge in [-0.15, -0.1) is 0 Å². The van der Waals surface area contributed by atoms with E-state index in [0.29, 0.717) is 37.6 Å². The maximum atomic E-state index is 12.5. The standard InChI is InChI=1S/C25H24N4O4/c1-16-13-18(14-21-20-5-3-4-6-22(20)26-25(21)30)17(2)28(16)19-7-8-23(24(15-19)29(31)32)27-9-11-33-12-10-27/h3-8,13-15H,9-12H2,1-2H3,(H,26,30)/b21-14+. The minimum atomic E-state index is -0.328. The summed E-state index contributed by atoms with van der Waals surface area (Å²) in [5.41, 5.74) is 6.42. The van der Waals surface area contributed by atoms with E-state index in [4.69, 9.17) is 4.74 Å². The van der Waals surface area contributed by atoms with Crippen LogP contribution in [0.5, 0.6) is 0 Å². The van der Waals surface area contributed by atoms with Crippen molar-refractivity contribution in [2.24, 2.45) is 0 Å². The van der Waals surface area contributed by atoms with Crippen LogP contribution < -0.4 is 10.2 Å². The van der Waals surface area contributed by atoms with Crippen molar-refractivity contribution < 1.29 is 14.5 Å². The highest BCUT2D eigenvalue weighted by Gasteiger charge is 2.25. The van der Waals surface area contributed by atoms with Crippen LogP contribution in [0.3, 0.4) is 0 Å². The molecule has 168 valence electrons. The first-order chi connectivity index (χ1) is 15.9. The monoisotopic (exact) mass is 444 g/mol. The highest BCUT2D eigenvalue weighted by molar-refractivity contribution is 6.34. The topological polar surface area (TPSA) is 89.6 Å². The molecule has 0 radical (unpaired) electrons. The Labute approximate surface area is 191 Å². The van der Waals surface area contributed by atoms with Crippen molar-refractivity contribution >= 4 is 34.6 Å². The zero-order valence-corrected chi connectivity index (χ0v) is 18.5. The molecule has 1 amide bonds. The SMILES string of the molecule is Cc1cc(/C=C2/C(=O)Nc3ccccc32)c(C)n1-c1ccc(N2CCOCC2)c([N+](=O)[O-])c1. The summed E-state index contributed by atoms with van der Waals surface area (Å²) in [4.78, 5) is 26.1. The molecular weight excluding hydrogens is 420 g/mol. The minimum absolute atomic E-state index is 0.0749. The number of rotatable bonds is 4. The molecule has 1 N–H and O–H groups in total. The van der Waals surface area contributed by atoms with Crippen LogP contribution >= 0.6 is 0 Å². The Morgan fingerprint density at radius 3 is 2.61 bits per heavy atom. The van der Waals surface area contributed by atoms with Gasteiger partial charge in [0.1, 0.15) is 5.69 Å². The third kappa shape index (κ3) is 3.68. The molecular formula is C25H24N4O4. The van der Waals surface area contributed by atoms with Crippen molar-refractivity contribution in [1.82, 2.24) is 4.57 Å². The van der Waals surface area contributed by atoms with Gasteiger partial charge in [-0.25, -0.2) is 0 Å². The lowest BCUT2D eigenvalue weighted by Crippen LogP contribution is -2.36. The second kappa shape index (κ2) is 8.22. The van der Waals surface area contributed by atoms with Crippen LogP contribution in [-0.4, -0.2) is 41.7 Å². The van der Waals surface area contributed by atoms with Gasteiger partial charge in [0.05, 0.1) is 23.8 Å². The smallest absolute Gasteiger partial charge is 0.294 e. The number of nitro groups is 1. The van der Waals surface area contributed by atoms with E-state index in [1.807, 2.05) is 71.9 Å². The van der Waals surface area contributed by atoms with Crippen LogP contribution in [0.25, 0.3) is 17.3 Å². The number of hydrogen-bond acceptors (Lipinski definition) is 5. The summed E-state index contributed by atoms with van der Waals surface area (Å²) in [6, 6.07) is 14.9. The molecule has 3 aromatic rings. The fourth-order valence-corrected chi connectivity index (χ4v) is 4.64. The van der Waals surface area contributed by atoms with Crippen LogP contribution in [0.2, 0.25) is 0 Å². The van der Waals surface area contributed by atoms with Gasteiger partial charge in [-0.3, -0.25) is 14.9 Å². The molecule has 3 heterocycles. The van der Waals surface area contributed by atoms with E-state index in [9.17, 15) is 14.9 Å². The molecule has 8 heteroatoms. The number of nitro benzene ring substituents is 1. The highest BCUT2D eigenvalue weighted by atomic mass is 16.6. The van der Waals surface area contributed by atoms with Crippen molar-refractivity contribution in [3.8, 4) is 5.69 Å². The molecule has 2 aromatic carbocycles. The first-order valence-corrected chi connectivity index (χ1v) is 10.9. The predicted octanol–water partition coefficient (Wildman–Crippen LogP) is 4.33. The van der Waals surface area contributed by atoms with Gasteiger partial charge in [-0.1, -0.05) is 18.2 Å². The fraction of sp³-hybridized carbons (Fsp3) is 0.240. The maximum Gasteiger partial charge on any atom is 0.294 e. The van der Waals surface area contributed by atoms with Crippen LogP contribution in [0.1, 0.15) is 22.5 Å². The molecule has 1 saturated heterocycles. The molecule has 8 nitrogen and oxygen atoms in total. The third-order valence-corrected chi connectivity index (χ3v) is 6.25. The number of fused-ring (bicyclic) bond motifs is 1. The van der Waals surface area contributed by atoms with E-state index in [-0.39, 0.29) is 16.5 Å². The molecule has 1 aromatic heterocycles. The van der Waals surface area contributed by atoms with Gasteiger partial charge in [0.25, 0.3) is 11.6 Å². The average Bonchev–Trinajstić information content (AvgIpc) is 3.29. The number of para-hydroxylation sites is 1. The average molecular weight is 444 g/mol. The fourth-order valence-electron chi connectivity index (χ4n) is 4.64. The summed E-state index contributed by atoms with van der Waals surface area (Å²) in [5, 5.41) is 14.8. The first-order valence-electron chi connectivity index (χ1n) is 10.9. The van der Waals surface area contributed by atoms with Crippen molar-refractivity contribution in [2.45, 2.75) is 13.8 Å². The number of anilines is 2. The Balaban J connectivity index is 1.56. The molecule has 2 aliphatic rings. The molecule has 0 saturated carbocycles. The number of carbonyl (C=O) groups excluding carboxylic acids is 1. The summed E-state index contributed by atoms with van der Waals surface area (Å²) in [6.45, 7) is 6.29. The molecule has 5 rings (SSSR count). The maximum absolute atomic E-state index is 12.5. The Bertz CT molecular complexity index is 1300. The molecule has 0 unspecified atom stereocenters. The summed E-state index contributed by atoms with van der Waals surface area (Å²) in [6.07, 6.45) is 1.89. The summed E-state index contributed by atoms with van der Waals surface area (Å²) in [5.74, 6) is -0.133. The molecule has 33 heavy (non-hydrogen) atoms. The first kappa shape index (κ1) is 21.0. The van der Waals surface area contributed by atoms with E-state index >= 15 is 0 Å². The molecule has 1 fully saturated rings. The third-order valence-electron chi connectivity index (χ3n) is 6.25. The molecule has 2 aliphatic heterocycles. The quantitative estimate of drug-likeness (QED) is 0.368. The number of nitrogens with one attached hydrogen (secondary N) is 1. The van der Waals surface area contributed by atoms with Gasteiger partial charge in [0.15, 0.2) is 0 Å². The lowest BCUT2D eigenvalue weighted by molar-refractivity contribution is -0.384. The van der Waals surface area contributed by atoms with E-state index in [1.54, 1.807) is 6.07 Å². The van der Waals surface area contributed by atoms with E-state index in [0.717, 1.165) is 33.9 Å². The normalized spacial score (nSPS) is 16.7. The molecule has 0 atom stereocenters. The molecule has 0 bridgehead atoms. The largest absolute Gasteiger partial charge is 0.378 e. The van der Waals surface area contributed by atoms with Crippen LogP contribution in [0.15, 0.2) is 48.5 Å². The number of morpholine rings is 1. The second-order valence-corrected chi connectivity index (χ2v) is 8.25. The Hall–Kier alpha value is -3.91. The molecule has 0 aliphatic carbocycles. The lowest BCUT2D eigenvalue weighted by Gasteiger charge is -2.28. The van der Waals surface area contributed by atoms with E-state index < -0.39 is 0 Å². The van der Waals surface area contributed by atoms with E-state index in [1.165, 1.54) is 0 Å². The number of ether oxygens (including phenoxy) is 1. The Kier molecular flexibility index (Phi) is 5.22. The van der Waals surface area contributed by atoms with E-state index in [2.05, 4.69) is 5.32 Å². The number of hydrogen-bond donors (Lipinski definition) is 1. The van der Waals surface area contributed by atoms with Crippen LogP contribution in [-0.2, 0) is 9.53 Å². The van der Waals surface area contributed by atoms with Gasteiger partial charge in [0.2, 0.25) is 0 Å². The number of benzene rings is 2. The van der Waals surface area contributed by atoms with Gasteiger partial charge < -0.3 is 19.5 Å². The van der Waals surface area contributed by atoms with Crippen molar-refractivity contribution in [1.29, 1.82) is 0 Å². The number of carbonyl (C=O) groups is 1. The predicted molar refractivity (Wildman–Crippen MR) is 128 cm³/mol. The van der Waals surface area contributed by atoms with Gasteiger partial charge in [-0.05, 0) is 49.8 Å². The minimum Gasteiger partial charge on any atom is -0.378 e.